The molecule has 2 atom stereocenters. The molecule has 0 aliphatic carbocycles. The fraction of sp³-hybridized carbons (Fsp3) is 0.233. The van der Waals surface area contributed by atoms with E-state index in [-0.39, 0.29) is 23.9 Å². The van der Waals surface area contributed by atoms with Crippen LogP contribution < -0.4 is 20.4 Å². The summed E-state index contributed by atoms with van der Waals surface area (Å²) >= 11 is 12.6. The number of anilines is 3. The average Bonchev–Trinajstić information content (AvgIpc) is 3.54. The summed E-state index contributed by atoms with van der Waals surface area (Å²) in [4.78, 5) is 21.1. The number of rotatable bonds is 7. The lowest BCUT2D eigenvalue weighted by atomic mass is 10.0. The summed E-state index contributed by atoms with van der Waals surface area (Å²) in [6.45, 7) is 3.69. The molecule has 1 fully saturated rings. The van der Waals surface area contributed by atoms with Gasteiger partial charge in [-0.05, 0) is 78.9 Å². The molecule has 1 aliphatic rings. The van der Waals surface area contributed by atoms with Gasteiger partial charge in [0.05, 0.1) is 22.4 Å². The number of hydrogen-bond acceptors (Lipinski definition) is 4. The van der Waals surface area contributed by atoms with Crippen LogP contribution in [0, 0.1) is 5.92 Å². The summed E-state index contributed by atoms with van der Waals surface area (Å²) in [7, 11) is 4.06. The van der Waals surface area contributed by atoms with Crippen LogP contribution in [0.25, 0.3) is 5.69 Å². The number of halogens is 1. The Morgan fingerprint density at radius 1 is 1.05 bits per heavy atom. The molecule has 0 bridgehead atoms. The van der Waals surface area contributed by atoms with E-state index < -0.39 is 0 Å². The Balaban J connectivity index is 1.58. The summed E-state index contributed by atoms with van der Waals surface area (Å²) < 4.78 is 2.18. The van der Waals surface area contributed by atoms with Gasteiger partial charge in [-0.2, -0.15) is 0 Å². The van der Waals surface area contributed by atoms with Gasteiger partial charge in [-0.3, -0.25) is 9.78 Å². The van der Waals surface area contributed by atoms with Gasteiger partial charge < -0.3 is 25.0 Å². The number of nitrogens with one attached hydrogen (secondary N) is 2. The first kappa shape index (κ1) is 26.7. The predicted octanol–water partition coefficient (Wildman–Crippen LogP) is 6.36. The second kappa shape index (κ2) is 11.1. The van der Waals surface area contributed by atoms with Gasteiger partial charge in [-0.25, -0.2) is 0 Å². The molecule has 0 unspecified atom stereocenters. The van der Waals surface area contributed by atoms with Crippen molar-refractivity contribution >= 4 is 51.9 Å². The Bertz CT molecular complexity index is 1490. The van der Waals surface area contributed by atoms with Crippen molar-refractivity contribution in [2.24, 2.45) is 5.92 Å². The lowest BCUT2D eigenvalue weighted by Gasteiger charge is -2.29. The van der Waals surface area contributed by atoms with Crippen LogP contribution in [0.3, 0.4) is 0 Å². The molecule has 2 aromatic carbocycles. The molecular weight excluding hydrogens is 528 g/mol. The first-order chi connectivity index (χ1) is 18.7. The minimum Gasteiger partial charge on any atom is -0.378 e. The molecule has 3 heterocycles. The van der Waals surface area contributed by atoms with Crippen LogP contribution in [0.15, 0.2) is 85.2 Å². The van der Waals surface area contributed by atoms with Crippen molar-refractivity contribution in [3.8, 4) is 5.69 Å². The van der Waals surface area contributed by atoms with E-state index in [0.29, 0.717) is 15.8 Å². The molecule has 2 aromatic heterocycles. The zero-order valence-corrected chi connectivity index (χ0v) is 23.9. The Kier molecular flexibility index (Phi) is 7.59. The molecule has 1 saturated heterocycles. The van der Waals surface area contributed by atoms with E-state index in [1.165, 1.54) is 0 Å². The number of amides is 1. The Morgan fingerprint density at radius 3 is 2.44 bits per heavy atom. The quantitative estimate of drug-likeness (QED) is 0.257. The molecule has 9 heteroatoms. The van der Waals surface area contributed by atoms with Crippen LogP contribution in [-0.2, 0) is 4.79 Å². The molecule has 1 aliphatic heterocycles. The molecule has 0 saturated carbocycles. The van der Waals surface area contributed by atoms with Gasteiger partial charge >= 0.3 is 0 Å². The van der Waals surface area contributed by atoms with Crippen molar-refractivity contribution in [2.75, 3.05) is 29.2 Å². The van der Waals surface area contributed by atoms with E-state index >= 15 is 0 Å². The summed E-state index contributed by atoms with van der Waals surface area (Å²) in [6, 6.07) is 23.7. The minimum absolute atomic E-state index is 0.0887. The number of hydrogen-bond donors (Lipinski definition) is 2. The van der Waals surface area contributed by atoms with Gasteiger partial charge in [0.2, 0.25) is 5.91 Å². The Morgan fingerprint density at radius 2 is 1.79 bits per heavy atom. The standard InChI is InChI=1S/C30H31ClN6OS/c1-19(2)29(38)33-24-15-14-22(18-23(24)31)37-28(27(34-30(37)39)25-8-5-6-16-32-25)26-9-7-17-36(26)21-12-10-20(11-13-21)35(3)4/h5-19,27-28H,1-4H3,(H,33,38)(H,34,39)/t27-,28-/m1/s1. The van der Waals surface area contributed by atoms with Crippen LogP contribution in [0.2, 0.25) is 5.02 Å². The first-order valence-corrected chi connectivity index (χ1v) is 13.6. The van der Waals surface area contributed by atoms with Crippen molar-refractivity contribution in [3.05, 3.63) is 102 Å². The summed E-state index contributed by atoms with van der Waals surface area (Å²) in [5, 5.41) is 7.42. The van der Waals surface area contributed by atoms with Crippen molar-refractivity contribution in [1.82, 2.24) is 14.9 Å². The van der Waals surface area contributed by atoms with E-state index in [9.17, 15) is 4.79 Å². The zero-order valence-electron chi connectivity index (χ0n) is 22.3. The molecule has 1 amide bonds. The lowest BCUT2D eigenvalue weighted by Crippen LogP contribution is -2.30. The molecule has 39 heavy (non-hydrogen) atoms. The fourth-order valence-electron chi connectivity index (χ4n) is 4.75. The van der Waals surface area contributed by atoms with Crippen LogP contribution in [0.4, 0.5) is 17.1 Å². The number of carbonyl (C=O) groups is 1. The van der Waals surface area contributed by atoms with Crippen LogP contribution in [0.5, 0.6) is 0 Å². The highest BCUT2D eigenvalue weighted by Crippen LogP contribution is 2.43. The Hall–Kier alpha value is -3.88. The number of carbonyl (C=O) groups excluding carboxylic acids is 1. The maximum atomic E-state index is 12.3. The van der Waals surface area contributed by atoms with Crippen LogP contribution in [0.1, 0.15) is 37.3 Å². The topological polar surface area (TPSA) is 65.4 Å². The van der Waals surface area contributed by atoms with E-state index in [1.54, 1.807) is 6.20 Å². The highest BCUT2D eigenvalue weighted by molar-refractivity contribution is 7.80. The second-order valence-corrected chi connectivity index (χ2v) is 10.8. The largest absolute Gasteiger partial charge is 0.378 e. The molecule has 5 rings (SSSR count). The molecule has 7 nitrogen and oxygen atoms in total. The van der Waals surface area contributed by atoms with Gasteiger partial charge in [0, 0.05) is 55.2 Å². The van der Waals surface area contributed by atoms with Crippen LogP contribution >= 0.6 is 23.8 Å². The number of thiocarbonyl (C=S) groups is 1. The maximum absolute atomic E-state index is 12.3. The summed E-state index contributed by atoms with van der Waals surface area (Å²) in [6.07, 6.45) is 3.86. The van der Waals surface area contributed by atoms with Gasteiger partial charge in [-0.1, -0.05) is 31.5 Å². The predicted molar refractivity (Wildman–Crippen MR) is 163 cm³/mol. The average molecular weight is 559 g/mol. The van der Waals surface area contributed by atoms with Crippen molar-refractivity contribution in [3.63, 3.8) is 0 Å². The summed E-state index contributed by atoms with van der Waals surface area (Å²) in [5.74, 6) is -0.242. The van der Waals surface area contributed by atoms with Gasteiger partial charge in [0.25, 0.3) is 0 Å². The lowest BCUT2D eigenvalue weighted by molar-refractivity contribution is -0.118. The molecular formula is C30H31ClN6OS. The third-order valence-corrected chi connectivity index (χ3v) is 7.47. The number of aromatic nitrogens is 2. The number of nitrogens with zero attached hydrogens (tertiary/aromatic N) is 4. The third kappa shape index (κ3) is 5.35. The Labute approximate surface area is 239 Å². The highest BCUT2D eigenvalue weighted by Gasteiger charge is 2.42. The normalized spacial score (nSPS) is 16.9. The number of benzene rings is 2. The molecule has 0 spiro atoms. The van der Waals surface area contributed by atoms with E-state index in [4.69, 9.17) is 23.8 Å². The van der Waals surface area contributed by atoms with Crippen molar-refractivity contribution < 1.29 is 4.79 Å². The molecule has 4 aromatic rings. The fourth-order valence-corrected chi connectivity index (χ4v) is 5.32. The molecule has 0 radical (unpaired) electrons. The van der Waals surface area contributed by atoms with E-state index in [1.807, 2.05) is 70.4 Å². The van der Waals surface area contributed by atoms with Gasteiger partial charge in [-0.15, -0.1) is 0 Å². The molecule has 2 N–H and O–H groups in total. The maximum Gasteiger partial charge on any atom is 0.226 e. The van der Waals surface area contributed by atoms with E-state index in [0.717, 1.165) is 28.5 Å². The van der Waals surface area contributed by atoms with Gasteiger partial charge in [0.1, 0.15) is 6.04 Å². The smallest absolute Gasteiger partial charge is 0.226 e. The summed E-state index contributed by atoms with van der Waals surface area (Å²) in [5.41, 5.74) is 5.49. The number of pyridine rings is 1. The minimum atomic E-state index is -0.219. The van der Waals surface area contributed by atoms with E-state index in [2.05, 4.69) is 66.5 Å². The SMILES string of the molecule is CC(C)C(=O)Nc1ccc(N2C(=S)N[C@H](c3ccccn3)[C@H]2c2cccn2-c2ccc(N(C)C)cc2)cc1Cl. The monoisotopic (exact) mass is 558 g/mol. The van der Waals surface area contributed by atoms with Crippen LogP contribution in [-0.4, -0.2) is 34.7 Å². The van der Waals surface area contributed by atoms with Gasteiger partial charge in [0.15, 0.2) is 5.11 Å². The molecule has 200 valence electrons. The third-order valence-electron chi connectivity index (χ3n) is 6.84. The highest BCUT2D eigenvalue weighted by atomic mass is 35.5. The van der Waals surface area contributed by atoms with Crippen molar-refractivity contribution in [2.45, 2.75) is 25.9 Å². The second-order valence-electron chi connectivity index (χ2n) is 10.0. The van der Waals surface area contributed by atoms with Crippen molar-refractivity contribution in [1.29, 1.82) is 0 Å². The first-order valence-electron chi connectivity index (χ1n) is 12.8. The zero-order chi connectivity index (χ0) is 27.7.